The molecule has 2 aromatic rings. The molecule has 0 aliphatic carbocycles. The molecule has 0 bridgehead atoms. The second-order valence-corrected chi connectivity index (χ2v) is 6.20. The molecule has 1 aromatic heterocycles. The van der Waals surface area contributed by atoms with Crippen LogP contribution in [0.3, 0.4) is 0 Å². The molecule has 0 saturated carbocycles. The minimum Gasteiger partial charge on any atom is -0.258 e. The average Bonchev–Trinajstić information content (AvgIpc) is 2.76. The number of non-ortho nitro benzene ring substituents is 1. The molecule has 19 heavy (non-hydrogen) atoms. The number of benzene rings is 1. The summed E-state index contributed by atoms with van der Waals surface area (Å²) in [7, 11) is 1.09. The lowest BCUT2D eigenvalue weighted by molar-refractivity contribution is -0.384. The molecular formula is C9H7ClN4O4S. The van der Waals surface area contributed by atoms with E-state index < -0.39 is 19.1 Å². The number of nitrogens with one attached hydrogen (secondary N) is 1. The number of aryl methyl sites for hydroxylation is 1. The van der Waals surface area contributed by atoms with Crippen LogP contribution in [0.25, 0.3) is 11.4 Å². The molecule has 0 saturated heterocycles. The fourth-order valence-corrected chi connectivity index (χ4v) is 2.04. The normalized spacial score (nSPS) is 11.5. The summed E-state index contributed by atoms with van der Waals surface area (Å²) in [5, 5.41) is 16.1. The van der Waals surface area contributed by atoms with Gasteiger partial charge in [0.05, 0.1) is 4.92 Å². The number of H-pyrrole nitrogens is 1. The zero-order valence-electron chi connectivity index (χ0n) is 9.49. The summed E-state index contributed by atoms with van der Waals surface area (Å²) < 4.78 is 22.1. The highest BCUT2D eigenvalue weighted by molar-refractivity contribution is 8.13. The highest BCUT2D eigenvalue weighted by Gasteiger charge is 2.18. The van der Waals surface area contributed by atoms with Gasteiger partial charge in [0, 0.05) is 28.4 Å². The molecule has 1 N–H and O–H groups in total. The Labute approximate surface area is 112 Å². The van der Waals surface area contributed by atoms with Crippen LogP contribution < -0.4 is 0 Å². The standard InChI is InChI=1S/C9H7ClN4O4S/c1-5-2-6(4-7(3-5)14(15)16)8-11-9(13-12-8)19(10,17)18/h2-4H,1H3,(H,11,12,13). The molecule has 100 valence electrons. The molecule has 1 aromatic carbocycles. The first-order chi connectivity index (χ1) is 8.77. The average molecular weight is 303 g/mol. The van der Waals surface area contributed by atoms with E-state index in [-0.39, 0.29) is 11.5 Å². The van der Waals surface area contributed by atoms with Crippen LogP contribution in [0.4, 0.5) is 5.69 Å². The number of aromatic amines is 1. The van der Waals surface area contributed by atoms with Crippen LogP contribution in [0.15, 0.2) is 23.4 Å². The lowest BCUT2D eigenvalue weighted by atomic mass is 10.1. The number of nitro groups is 1. The second-order valence-electron chi connectivity index (χ2n) is 3.72. The molecule has 0 spiro atoms. The molecule has 0 unspecified atom stereocenters. The predicted molar refractivity (Wildman–Crippen MR) is 66.2 cm³/mol. The minimum absolute atomic E-state index is 0.0195. The van der Waals surface area contributed by atoms with Crippen molar-refractivity contribution in [2.24, 2.45) is 0 Å². The number of nitrogens with zero attached hydrogens (tertiary/aromatic N) is 3. The maximum atomic E-state index is 11.0. The fraction of sp³-hybridized carbons (Fsp3) is 0.111. The Hall–Kier alpha value is -2.00. The summed E-state index contributed by atoms with van der Waals surface area (Å²) in [5.74, 6) is 0.0195. The Morgan fingerprint density at radius 3 is 2.58 bits per heavy atom. The zero-order valence-corrected chi connectivity index (χ0v) is 11.1. The summed E-state index contributed by atoms with van der Waals surface area (Å²) in [6, 6.07) is 4.23. The van der Waals surface area contributed by atoms with Crippen LogP contribution in [0.1, 0.15) is 5.56 Å². The largest absolute Gasteiger partial charge is 0.296 e. The predicted octanol–water partition coefficient (Wildman–Crippen LogP) is 1.62. The van der Waals surface area contributed by atoms with E-state index in [0.717, 1.165) is 0 Å². The first-order valence-electron chi connectivity index (χ1n) is 4.91. The van der Waals surface area contributed by atoms with Gasteiger partial charge in [-0.05, 0) is 18.6 Å². The van der Waals surface area contributed by atoms with Crippen molar-refractivity contribution in [3.8, 4) is 11.4 Å². The van der Waals surface area contributed by atoms with Crippen LogP contribution >= 0.6 is 10.7 Å². The van der Waals surface area contributed by atoms with E-state index in [0.29, 0.717) is 11.1 Å². The SMILES string of the molecule is Cc1cc(-c2n[nH]c(S(=O)(=O)Cl)n2)cc([N+](=O)[O-])c1. The lowest BCUT2D eigenvalue weighted by Gasteiger charge is -1.98. The van der Waals surface area contributed by atoms with Gasteiger partial charge < -0.3 is 0 Å². The Kier molecular flexibility index (Phi) is 3.25. The van der Waals surface area contributed by atoms with E-state index in [1.54, 1.807) is 13.0 Å². The third kappa shape index (κ3) is 2.88. The molecule has 0 aliphatic rings. The van der Waals surface area contributed by atoms with Gasteiger partial charge >= 0.3 is 0 Å². The van der Waals surface area contributed by atoms with Crippen molar-refractivity contribution in [1.29, 1.82) is 0 Å². The number of halogens is 1. The Morgan fingerprint density at radius 2 is 2.05 bits per heavy atom. The van der Waals surface area contributed by atoms with Crippen molar-refractivity contribution in [3.05, 3.63) is 33.9 Å². The molecule has 0 aliphatic heterocycles. The van der Waals surface area contributed by atoms with Gasteiger partial charge in [-0.2, -0.15) is 10.1 Å². The molecule has 0 fully saturated rings. The summed E-state index contributed by atoms with van der Waals surface area (Å²) in [5.41, 5.74) is 0.828. The summed E-state index contributed by atoms with van der Waals surface area (Å²) >= 11 is 0. The molecule has 8 nitrogen and oxygen atoms in total. The first kappa shape index (κ1) is 13.4. The van der Waals surface area contributed by atoms with Crippen LogP contribution in [-0.2, 0) is 9.05 Å². The van der Waals surface area contributed by atoms with Gasteiger partial charge in [0.15, 0.2) is 5.82 Å². The van der Waals surface area contributed by atoms with Gasteiger partial charge in [-0.3, -0.25) is 10.1 Å². The van der Waals surface area contributed by atoms with E-state index in [2.05, 4.69) is 15.2 Å². The van der Waals surface area contributed by atoms with Gasteiger partial charge in [0.25, 0.3) is 19.9 Å². The van der Waals surface area contributed by atoms with Crippen molar-refractivity contribution < 1.29 is 13.3 Å². The number of nitro benzene ring substituents is 1. The number of hydrogen-bond acceptors (Lipinski definition) is 6. The minimum atomic E-state index is -4.02. The number of rotatable bonds is 3. The maximum Gasteiger partial charge on any atom is 0.296 e. The first-order valence-corrected chi connectivity index (χ1v) is 7.22. The van der Waals surface area contributed by atoms with Crippen LogP contribution in [-0.4, -0.2) is 28.5 Å². The number of aromatic nitrogens is 3. The van der Waals surface area contributed by atoms with Crippen LogP contribution in [0.2, 0.25) is 0 Å². The lowest BCUT2D eigenvalue weighted by Crippen LogP contribution is -1.93. The van der Waals surface area contributed by atoms with Gasteiger partial charge in [-0.1, -0.05) is 0 Å². The fourth-order valence-electron chi connectivity index (χ4n) is 1.48. The van der Waals surface area contributed by atoms with Gasteiger partial charge in [-0.25, -0.2) is 13.5 Å². The third-order valence-corrected chi connectivity index (χ3v) is 3.31. The van der Waals surface area contributed by atoms with E-state index >= 15 is 0 Å². The Balaban J connectivity index is 2.53. The molecular weight excluding hydrogens is 296 g/mol. The monoisotopic (exact) mass is 302 g/mol. The van der Waals surface area contributed by atoms with E-state index in [1.807, 2.05) is 0 Å². The Morgan fingerprint density at radius 1 is 1.37 bits per heavy atom. The molecule has 10 heteroatoms. The van der Waals surface area contributed by atoms with Gasteiger partial charge in [0.1, 0.15) is 0 Å². The van der Waals surface area contributed by atoms with Crippen molar-refractivity contribution in [1.82, 2.24) is 15.2 Å². The second kappa shape index (κ2) is 4.59. The molecule has 1 heterocycles. The molecule has 0 amide bonds. The zero-order chi connectivity index (χ0) is 14.2. The topological polar surface area (TPSA) is 119 Å². The maximum absolute atomic E-state index is 11.0. The van der Waals surface area contributed by atoms with Crippen molar-refractivity contribution in [2.45, 2.75) is 12.1 Å². The van der Waals surface area contributed by atoms with E-state index in [9.17, 15) is 18.5 Å². The molecule has 0 radical (unpaired) electrons. The molecule has 2 rings (SSSR count). The van der Waals surface area contributed by atoms with Crippen molar-refractivity contribution in [3.63, 3.8) is 0 Å². The summed E-state index contributed by atoms with van der Waals surface area (Å²) in [6.45, 7) is 1.67. The van der Waals surface area contributed by atoms with E-state index in [4.69, 9.17) is 10.7 Å². The smallest absolute Gasteiger partial charge is 0.258 e. The van der Waals surface area contributed by atoms with Gasteiger partial charge in [-0.15, -0.1) is 0 Å². The highest BCUT2D eigenvalue weighted by atomic mass is 35.7. The number of hydrogen-bond donors (Lipinski definition) is 1. The summed E-state index contributed by atoms with van der Waals surface area (Å²) in [4.78, 5) is 13.9. The quantitative estimate of drug-likeness (QED) is 0.522. The van der Waals surface area contributed by atoms with Crippen LogP contribution in [0.5, 0.6) is 0 Å². The van der Waals surface area contributed by atoms with Crippen LogP contribution in [0, 0.1) is 17.0 Å². The third-order valence-electron chi connectivity index (χ3n) is 2.23. The Bertz CT molecular complexity index is 755. The molecule has 0 atom stereocenters. The van der Waals surface area contributed by atoms with Crippen molar-refractivity contribution in [2.75, 3.05) is 0 Å². The summed E-state index contributed by atoms with van der Waals surface area (Å²) in [6.07, 6.45) is 0. The van der Waals surface area contributed by atoms with Crippen molar-refractivity contribution >= 4 is 25.4 Å². The van der Waals surface area contributed by atoms with Gasteiger partial charge in [0.2, 0.25) is 0 Å². The highest BCUT2D eigenvalue weighted by Crippen LogP contribution is 2.24. The van der Waals surface area contributed by atoms with E-state index in [1.165, 1.54) is 12.1 Å².